The van der Waals surface area contributed by atoms with Crippen LogP contribution >= 0.6 is 0 Å². The number of hydrogen-bond acceptors (Lipinski definition) is 4. The molecule has 2 aliphatic rings. The summed E-state index contributed by atoms with van der Waals surface area (Å²) in [5.41, 5.74) is 0. The van der Waals surface area contributed by atoms with Gasteiger partial charge in [-0.25, -0.2) is 4.79 Å². The molecule has 0 radical (unpaired) electrons. The van der Waals surface area contributed by atoms with E-state index in [0.717, 1.165) is 13.0 Å². The monoisotopic (exact) mass is 299 g/mol. The highest BCUT2D eigenvalue weighted by molar-refractivity contribution is 5.75. The van der Waals surface area contributed by atoms with Gasteiger partial charge >= 0.3 is 12.0 Å². The van der Waals surface area contributed by atoms with Crippen LogP contribution in [0.25, 0.3) is 0 Å². The molecule has 2 unspecified atom stereocenters. The Morgan fingerprint density at radius 2 is 1.81 bits per heavy atom. The molecule has 2 amide bonds. The average molecular weight is 299 g/mol. The minimum atomic E-state index is -0.812. The Hall–Kier alpha value is -1.34. The molecule has 2 aliphatic heterocycles. The van der Waals surface area contributed by atoms with Crippen molar-refractivity contribution < 1.29 is 19.4 Å². The molecular weight excluding hydrogens is 274 g/mol. The molecule has 7 nitrogen and oxygen atoms in total. The number of aliphatic carboxylic acids is 1. The zero-order valence-electron chi connectivity index (χ0n) is 12.8. The second-order valence-electron chi connectivity index (χ2n) is 5.80. The highest BCUT2D eigenvalue weighted by Gasteiger charge is 2.30. The topological polar surface area (TPSA) is 73.3 Å². The first-order chi connectivity index (χ1) is 9.99. The summed E-state index contributed by atoms with van der Waals surface area (Å²) in [4.78, 5) is 29.1. The minimum Gasteiger partial charge on any atom is -0.480 e. The van der Waals surface area contributed by atoms with E-state index in [2.05, 4.69) is 0 Å². The SMILES string of the molecule is CC1CN(C(=O)N2CCN(C(C)C(=O)O)CC2)CCCO1. The number of urea groups is 1. The predicted octanol–water partition coefficient (Wildman–Crippen LogP) is 0.308. The van der Waals surface area contributed by atoms with Gasteiger partial charge in [0.2, 0.25) is 0 Å². The molecule has 0 aromatic carbocycles. The van der Waals surface area contributed by atoms with Crippen molar-refractivity contribution in [2.75, 3.05) is 45.9 Å². The third-order valence-corrected chi connectivity index (χ3v) is 4.21. The van der Waals surface area contributed by atoms with Crippen LogP contribution in [0.5, 0.6) is 0 Å². The standard InChI is InChI=1S/C14H25N3O4/c1-11-10-17(4-3-9-21-11)14(20)16-7-5-15(6-8-16)12(2)13(18)19/h11-12H,3-10H2,1-2H3,(H,18,19). The fraction of sp³-hybridized carbons (Fsp3) is 0.857. The van der Waals surface area contributed by atoms with Crippen LogP contribution in [0.2, 0.25) is 0 Å². The normalized spacial score (nSPS) is 26.3. The largest absolute Gasteiger partial charge is 0.480 e. The van der Waals surface area contributed by atoms with E-state index in [1.165, 1.54) is 0 Å². The van der Waals surface area contributed by atoms with Crippen molar-refractivity contribution >= 4 is 12.0 Å². The van der Waals surface area contributed by atoms with E-state index < -0.39 is 12.0 Å². The fourth-order valence-electron chi connectivity index (χ4n) is 2.82. The van der Waals surface area contributed by atoms with E-state index >= 15 is 0 Å². The quantitative estimate of drug-likeness (QED) is 0.794. The molecule has 0 aromatic rings. The van der Waals surface area contributed by atoms with Gasteiger partial charge in [0.25, 0.3) is 0 Å². The lowest BCUT2D eigenvalue weighted by Crippen LogP contribution is -2.56. The first-order valence-corrected chi connectivity index (χ1v) is 7.61. The lowest BCUT2D eigenvalue weighted by Gasteiger charge is -2.38. The summed E-state index contributed by atoms with van der Waals surface area (Å²) in [6.45, 7) is 8.13. The summed E-state index contributed by atoms with van der Waals surface area (Å²) in [7, 11) is 0. The molecule has 21 heavy (non-hydrogen) atoms. The van der Waals surface area contributed by atoms with E-state index in [9.17, 15) is 9.59 Å². The maximum absolute atomic E-state index is 12.5. The highest BCUT2D eigenvalue weighted by Crippen LogP contribution is 2.12. The van der Waals surface area contributed by atoms with Gasteiger partial charge in [-0.05, 0) is 20.3 Å². The lowest BCUT2D eigenvalue weighted by molar-refractivity contribution is -0.143. The molecule has 120 valence electrons. The summed E-state index contributed by atoms with van der Waals surface area (Å²) in [6, 6.07) is -0.441. The Bertz CT molecular complexity index is 382. The summed E-state index contributed by atoms with van der Waals surface area (Å²) in [5.74, 6) is -0.812. The van der Waals surface area contributed by atoms with Crippen molar-refractivity contribution in [2.24, 2.45) is 0 Å². The first kappa shape index (κ1) is 16.0. The average Bonchev–Trinajstić information content (AvgIpc) is 2.70. The van der Waals surface area contributed by atoms with Crippen molar-refractivity contribution in [1.82, 2.24) is 14.7 Å². The summed E-state index contributed by atoms with van der Waals surface area (Å²) < 4.78 is 5.56. The molecule has 0 aromatic heterocycles. The third kappa shape index (κ3) is 4.07. The van der Waals surface area contributed by atoms with Crippen molar-refractivity contribution in [2.45, 2.75) is 32.4 Å². The number of carbonyl (C=O) groups is 2. The van der Waals surface area contributed by atoms with Crippen LogP contribution in [0.4, 0.5) is 4.79 Å². The van der Waals surface area contributed by atoms with Crippen molar-refractivity contribution in [3.8, 4) is 0 Å². The Morgan fingerprint density at radius 1 is 1.14 bits per heavy atom. The molecule has 0 spiro atoms. The molecule has 2 heterocycles. The van der Waals surface area contributed by atoms with E-state index in [-0.39, 0.29) is 12.1 Å². The Balaban J connectivity index is 1.86. The van der Waals surface area contributed by atoms with E-state index in [0.29, 0.717) is 39.3 Å². The summed E-state index contributed by atoms with van der Waals surface area (Å²) in [6.07, 6.45) is 0.941. The molecular formula is C14H25N3O4. The molecule has 2 atom stereocenters. The van der Waals surface area contributed by atoms with Crippen LogP contribution in [0.15, 0.2) is 0 Å². The predicted molar refractivity (Wildman–Crippen MR) is 77.2 cm³/mol. The van der Waals surface area contributed by atoms with Crippen LogP contribution in [0.3, 0.4) is 0 Å². The maximum atomic E-state index is 12.5. The second-order valence-corrected chi connectivity index (χ2v) is 5.80. The highest BCUT2D eigenvalue weighted by atomic mass is 16.5. The van der Waals surface area contributed by atoms with Gasteiger partial charge in [0.05, 0.1) is 6.10 Å². The first-order valence-electron chi connectivity index (χ1n) is 7.61. The van der Waals surface area contributed by atoms with Gasteiger partial charge in [-0.1, -0.05) is 0 Å². The number of carboxylic acid groups (broad SMARTS) is 1. The molecule has 7 heteroatoms. The number of hydrogen-bond donors (Lipinski definition) is 1. The number of piperazine rings is 1. The fourth-order valence-corrected chi connectivity index (χ4v) is 2.82. The van der Waals surface area contributed by atoms with Crippen molar-refractivity contribution in [3.05, 3.63) is 0 Å². The van der Waals surface area contributed by atoms with Gasteiger partial charge in [0.15, 0.2) is 0 Å². The molecule has 0 aliphatic carbocycles. The molecule has 2 fully saturated rings. The number of ether oxygens (including phenoxy) is 1. The second kappa shape index (κ2) is 7.09. The van der Waals surface area contributed by atoms with E-state index in [1.54, 1.807) is 6.92 Å². The molecule has 2 rings (SSSR count). The van der Waals surface area contributed by atoms with Gasteiger partial charge in [0.1, 0.15) is 6.04 Å². The van der Waals surface area contributed by atoms with Gasteiger partial charge in [0, 0.05) is 45.9 Å². The smallest absolute Gasteiger partial charge is 0.320 e. The van der Waals surface area contributed by atoms with Gasteiger partial charge in [-0.3, -0.25) is 9.69 Å². The molecule has 0 bridgehead atoms. The zero-order valence-corrected chi connectivity index (χ0v) is 12.8. The maximum Gasteiger partial charge on any atom is 0.320 e. The number of nitrogens with zero attached hydrogens (tertiary/aromatic N) is 3. The number of rotatable bonds is 2. The van der Waals surface area contributed by atoms with Crippen LogP contribution in [0, 0.1) is 0 Å². The van der Waals surface area contributed by atoms with Crippen molar-refractivity contribution in [1.29, 1.82) is 0 Å². The van der Waals surface area contributed by atoms with Crippen LogP contribution in [-0.2, 0) is 9.53 Å². The van der Waals surface area contributed by atoms with Gasteiger partial charge in [-0.15, -0.1) is 0 Å². The Kier molecular flexibility index (Phi) is 5.41. The minimum absolute atomic E-state index is 0.0509. The Labute approximate surface area is 125 Å². The molecule has 0 saturated carbocycles. The lowest BCUT2D eigenvalue weighted by atomic mass is 10.2. The van der Waals surface area contributed by atoms with Crippen LogP contribution < -0.4 is 0 Å². The van der Waals surface area contributed by atoms with Crippen LogP contribution in [-0.4, -0.2) is 89.8 Å². The van der Waals surface area contributed by atoms with Gasteiger partial charge < -0.3 is 19.6 Å². The van der Waals surface area contributed by atoms with E-state index in [4.69, 9.17) is 9.84 Å². The Morgan fingerprint density at radius 3 is 2.43 bits per heavy atom. The summed E-state index contributed by atoms with van der Waals surface area (Å²) >= 11 is 0. The molecule has 1 N–H and O–H groups in total. The summed E-state index contributed by atoms with van der Waals surface area (Å²) in [5, 5.41) is 9.03. The third-order valence-electron chi connectivity index (χ3n) is 4.21. The van der Waals surface area contributed by atoms with Gasteiger partial charge in [-0.2, -0.15) is 0 Å². The number of carbonyl (C=O) groups excluding carboxylic acids is 1. The zero-order chi connectivity index (χ0) is 15.4. The van der Waals surface area contributed by atoms with E-state index in [1.807, 2.05) is 21.6 Å². The van der Waals surface area contributed by atoms with Crippen LogP contribution in [0.1, 0.15) is 20.3 Å². The van der Waals surface area contributed by atoms with Crippen molar-refractivity contribution in [3.63, 3.8) is 0 Å². The number of amides is 2. The molecule has 2 saturated heterocycles. The number of carboxylic acids is 1.